The molecule has 0 bridgehead atoms. The smallest absolute Gasteiger partial charge is 0.330 e. The van der Waals surface area contributed by atoms with Crippen molar-refractivity contribution in [3.8, 4) is 0 Å². The molecular formula is C19H25ClN4O6S. The van der Waals surface area contributed by atoms with E-state index in [1.165, 1.54) is 23.8 Å². The van der Waals surface area contributed by atoms with E-state index < -0.39 is 27.0 Å². The number of H-pyrrole nitrogens is 1. The second-order valence-corrected chi connectivity index (χ2v) is 9.76. The second kappa shape index (κ2) is 9.67. The van der Waals surface area contributed by atoms with E-state index in [0.29, 0.717) is 0 Å². The number of aromatic nitrogens is 2. The van der Waals surface area contributed by atoms with Crippen LogP contribution in [0.2, 0.25) is 5.02 Å². The molecule has 0 unspecified atom stereocenters. The SMILES string of the molecule is COCCN(C(=O)c1ccc(Cl)c(S(C)(=O)=O)c1)c1c(N)n(CC(C)C)c(=O)[nH]c1=O. The van der Waals surface area contributed by atoms with E-state index in [2.05, 4.69) is 4.98 Å². The average molecular weight is 473 g/mol. The maximum absolute atomic E-state index is 13.3. The number of ether oxygens (including phenoxy) is 1. The van der Waals surface area contributed by atoms with Crippen molar-refractivity contribution in [2.75, 3.05) is 37.2 Å². The van der Waals surface area contributed by atoms with Gasteiger partial charge in [0.25, 0.3) is 11.5 Å². The maximum Gasteiger partial charge on any atom is 0.330 e. The van der Waals surface area contributed by atoms with Crippen LogP contribution in [0.4, 0.5) is 11.5 Å². The number of carbonyl (C=O) groups excluding carboxylic acids is 1. The van der Waals surface area contributed by atoms with Crippen LogP contribution in [0.15, 0.2) is 32.7 Å². The number of rotatable bonds is 8. The van der Waals surface area contributed by atoms with Crippen LogP contribution in [0.1, 0.15) is 24.2 Å². The summed E-state index contributed by atoms with van der Waals surface area (Å²) in [6, 6.07) is 3.76. The van der Waals surface area contributed by atoms with Crippen molar-refractivity contribution >= 4 is 38.9 Å². The zero-order valence-corrected chi connectivity index (χ0v) is 19.2. The molecule has 0 aliphatic carbocycles. The molecule has 1 heterocycles. The van der Waals surface area contributed by atoms with E-state index in [-0.39, 0.29) is 52.6 Å². The minimum absolute atomic E-state index is 0.0265. The number of anilines is 2. The molecule has 0 saturated heterocycles. The predicted octanol–water partition coefficient (Wildman–Crippen LogP) is 1.12. The molecule has 0 radical (unpaired) electrons. The molecule has 2 rings (SSSR count). The van der Waals surface area contributed by atoms with Gasteiger partial charge in [0.2, 0.25) is 0 Å². The first-order valence-corrected chi connectivity index (χ1v) is 11.6. The Morgan fingerprint density at radius 1 is 1.32 bits per heavy atom. The first kappa shape index (κ1) is 24.6. The normalized spacial score (nSPS) is 11.7. The molecule has 2 aromatic rings. The molecule has 31 heavy (non-hydrogen) atoms. The summed E-state index contributed by atoms with van der Waals surface area (Å²) in [5.41, 5.74) is 4.35. The third-order valence-electron chi connectivity index (χ3n) is 4.37. The summed E-state index contributed by atoms with van der Waals surface area (Å²) in [5, 5.41) is -0.0367. The summed E-state index contributed by atoms with van der Waals surface area (Å²) in [6.45, 7) is 3.94. The monoisotopic (exact) mass is 472 g/mol. The van der Waals surface area contributed by atoms with E-state index >= 15 is 0 Å². The van der Waals surface area contributed by atoms with Gasteiger partial charge in [-0.3, -0.25) is 24.0 Å². The zero-order chi connectivity index (χ0) is 23.5. The van der Waals surface area contributed by atoms with Crippen LogP contribution in [0, 0.1) is 5.92 Å². The number of methoxy groups -OCH3 is 1. The van der Waals surface area contributed by atoms with Gasteiger partial charge in [-0.1, -0.05) is 25.4 Å². The lowest BCUT2D eigenvalue weighted by Crippen LogP contribution is -2.43. The van der Waals surface area contributed by atoms with Gasteiger partial charge in [0, 0.05) is 32.0 Å². The lowest BCUT2D eigenvalue weighted by molar-refractivity contribution is 0.0975. The van der Waals surface area contributed by atoms with Gasteiger partial charge < -0.3 is 10.5 Å². The van der Waals surface area contributed by atoms with E-state index in [0.717, 1.165) is 17.2 Å². The molecule has 0 atom stereocenters. The number of carbonyl (C=O) groups is 1. The summed E-state index contributed by atoms with van der Waals surface area (Å²) < 4.78 is 30.2. The average Bonchev–Trinajstić information content (AvgIpc) is 2.66. The summed E-state index contributed by atoms with van der Waals surface area (Å²) in [5.74, 6) is -0.842. The molecule has 0 aliphatic heterocycles. The Morgan fingerprint density at radius 2 is 1.97 bits per heavy atom. The molecule has 0 spiro atoms. The van der Waals surface area contributed by atoms with E-state index in [1.807, 2.05) is 13.8 Å². The highest BCUT2D eigenvalue weighted by atomic mass is 35.5. The number of nitrogens with two attached hydrogens (primary N) is 1. The summed E-state index contributed by atoms with van der Waals surface area (Å²) >= 11 is 5.97. The lowest BCUT2D eigenvalue weighted by atomic mass is 10.2. The number of sulfone groups is 1. The Balaban J connectivity index is 2.69. The summed E-state index contributed by atoms with van der Waals surface area (Å²) in [4.78, 5) is 41.2. The number of hydrogen-bond acceptors (Lipinski definition) is 7. The van der Waals surface area contributed by atoms with Crippen LogP contribution in [0.3, 0.4) is 0 Å². The first-order valence-electron chi connectivity index (χ1n) is 9.31. The fourth-order valence-electron chi connectivity index (χ4n) is 2.96. The molecule has 3 N–H and O–H groups in total. The largest absolute Gasteiger partial charge is 0.383 e. The van der Waals surface area contributed by atoms with Crippen molar-refractivity contribution in [2.45, 2.75) is 25.3 Å². The highest BCUT2D eigenvalue weighted by molar-refractivity contribution is 7.90. The Labute approximate surface area is 184 Å². The van der Waals surface area contributed by atoms with Crippen molar-refractivity contribution in [3.63, 3.8) is 0 Å². The lowest BCUT2D eigenvalue weighted by Gasteiger charge is -2.25. The molecule has 170 valence electrons. The van der Waals surface area contributed by atoms with Gasteiger partial charge in [-0.05, 0) is 24.1 Å². The Bertz CT molecular complexity index is 1200. The van der Waals surface area contributed by atoms with Crippen molar-refractivity contribution in [3.05, 3.63) is 49.6 Å². The molecule has 1 aromatic carbocycles. The van der Waals surface area contributed by atoms with Crippen LogP contribution in [0.5, 0.6) is 0 Å². The predicted molar refractivity (Wildman–Crippen MR) is 119 cm³/mol. The van der Waals surface area contributed by atoms with Crippen LogP contribution in [0.25, 0.3) is 0 Å². The van der Waals surface area contributed by atoms with E-state index in [1.54, 1.807) is 0 Å². The molecule has 0 saturated carbocycles. The molecule has 0 fully saturated rings. The summed E-state index contributed by atoms with van der Waals surface area (Å²) in [7, 11) is -2.29. The fourth-order valence-corrected chi connectivity index (χ4v) is 4.26. The minimum atomic E-state index is -3.70. The van der Waals surface area contributed by atoms with Crippen molar-refractivity contribution in [1.82, 2.24) is 9.55 Å². The third kappa shape index (κ3) is 5.54. The van der Waals surface area contributed by atoms with Gasteiger partial charge in [0.1, 0.15) is 5.82 Å². The maximum atomic E-state index is 13.3. The zero-order valence-electron chi connectivity index (χ0n) is 17.6. The Kier molecular flexibility index (Phi) is 7.68. The Morgan fingerprint density at radius 3 is 2.52 bits per heavy atom. The fraction of sp³-hybridized carbons (Fsp3) is 0.421. The molecule has 1 aromatic heterocycles. The summed E-state index contributed by atoms with van der Waals surface area (Å²) in [6.07, 6.45) is 0.968. The number of hydrogen-bond donors (Lipinski definition) is 2. The third-order valence-corrected chi connectivity index (χ3v) is 5.95. The van der Waals surface area contributed by atoms with Crippen molar-refractivity contribution in [1.29, 1.82) is 0 Å². The van der Waals surface area contributed by atoms with Crippen molar-refractivity contribution in [2.24, 2.45) is 5.92 Å². The number of aromatic amines is 1. The van der Waals surface area contributed by atoms with Gasteiger partial charge in [-0.25, -0.2) is 13.2 Å². The Hall–Kier alpha value is -2.63. The number of nitrogens with one attached hydrogen (secondary N) is 1. The van der Waals surface area contributed by atoms with Crippen LogP contribution in [-0.4, -0.2) is 50.4 Å². The molecule has 10 nitrogen and oxygen atoms in total. The van der Waals surface area contributed by atoms with E-state index in [9.17, 15) is 22.8 Å². The minimum Gasteiger partial charge on any atom is -0.383 e. The highest BCUT2D eigenvalue weighted by Crippen LogP contribution is 2.25. The number of nitrogen functional groups attached to an aromatic ring is 1. The van der Waals surface area contributed by atoms with Crippen molar-refractivity contribution < 1.29 is 17.9 Å². The van der Waals surface area contributed by atoms with Gasteiger partial charge in [0.05, 0.1) is 16.5 Å². The van der Waals surface area contributed by atoms with Gasteiger partial charge >= 0.3 is 5.69 Å². The molecule has 0 aliphatic rings. The van der Waals surface area contributed by atoms with E-state index in [4.69, 9.17) is 22.1 Å². The van der Waals surface area contributed by atoms with Gasteiger partial charge in [0.15, 0.2) is 15.5 Å². The number of benzene rings is 1. The molecule has 12 heteroatoms. The topological polar surface area (TPSA) is 145 Å². The highest BCUT2D eigenvalue weighted by Gasteiger charge is 2.26. The number of halogens is 1. The second-order valence-electron chi connectivity index (χ2n) is 7.36. The van der Waals surface area contributed by atoms with Gasteiger partial charge in [-0.2, -0.15) is 0 Å². The first-order chi connectivity index (χ1) is 14.4. The number of nitrogens with zero attached hydrogens (tertiary/aromatic N) is 2. The molecule has 1 amide bonds. The quantitative estimate of drug-likeness (QED) is 0.585. The standard InChI is InChI=1S/C19H25ClN4O6S/c1-11(2)10-24-16(21)15(17(25)22-19(24)27)23(7-8-30-3)18(26)12-5-6-13(20)14(9-12)31(4,28)29/h5-6,9,11H,7-8,10,21H2,1-4H3,(H,22,25,27). The number of amides is 1. The van der Waals surface area contributed by atoms with Crippen LogP contribution < -0.4 is 21.9 Å². The van der Waals surface area contributed by atoms with Gasteiger partial charge in [-0.15, -0.1) is 0 Å². The molecular weight excluding hydrogens is 448 g/mol. The van der Waals surface area contributed by atoms with Crippen LogP contribution >= 0.6 is 11.6 Å². The van der Waals surface area contributed by atoms with Crippen LogP contribution in [-0.2, 0) is 21.1 Å².